The third kappa shape index (κ3) is 2.64. The lowest BCUT2D eigenvalue weighted by Gasteiger charge is -2.03. The average Bonchev–Trinajstić information content (AvgIpc) is 2.35. The van der Waals surface area contributed by atoms with E-state index in [9.17, 15) is 10.3 Å². The van der Waals surface area contributed by atoms with E-state index in [4.69, 9.17) is 0 Å². The first kappa shape index (κ1) is 11.2. The molecule has 0 aliphatic carbocycles. The van der Waals surface area contributed by atoms with Crippen molar-refractivity contribution < 1.29 is 9.85 Å². The van der Waals surface area contributed by atoms with E-state index in [2.05, 4.69) is 0 Å². The quantitative estimate of drug-likeness (QED) is 0.371. The number of phenols is 1. The molecule has 2 aromatic carbocycles. The largest absolute Gasteiger partial charge is 0.618 e. The van der Waals surface area contributed by atoms with Crippen LogP contribution >= 0.6 is 0 Å². The van der Waals surface area contributed by atoms with Crippen LogP contribution in [0.2, 0.25) is 0 Å². The maximum atomic E-state index is 11.8. The lowest BCUT2D eigenvalue weighted by molar-refractivity contribution is -0.354. The number of aryl methyl sites for hydroxylation is 1. The molecule has 0 aliphatic heterocycles. The van der Waals surface area contributed by atoms with Crippen LogP contribution in [-0.4, -0.2) is 16.1 Å². The van der Waals surface area contributed by atoms with Gasteiger partial charge in [0.25, 0.3) is 0 Å². The molecule has 17 heavy (non-hydrogen) atoms. The number of aromatic hydroxyl groups is 1. The molecule has 0 aromatic heterocycles. The maximum absolute atomic E-state index is 11.8. The summed E-state index contributed by atoms with van der Waals surface area (Å²) < 4.78 is 0.782. The van der Waals surface area contributed by atoms with Crippen LogP contribution in [0.5, 0.6) is 5.75 Å². The monoisotopic (exact) mass is 227 g/mol. The molecule has 0 saturated carbocycles. The summed E-state index contributed by atoms with van der Waals surface area (Å²) in [6, 6.07) is 14.1. The normalized spacial score (nSPS) is 11.5. The number of rotatable bonds is 2. The lowest BCUT2D eigenvalue weighted by atomic mass is 10.1. The fraction of sp³-hybridized carbons (Fsp3) is 0.0714. The molecule has 3 nitrogen and oxygen atoms in total. The Kier molecular flexibility index (Phi) is 3.10. The van der Waals surface area contributed by atoms with Crippen LogP contribution in [0, 0.1) is 12.1 Å². The van der Waals surface area contributed by atoms with Crippen LogP contribution in [0.25, 0.3) is 0 Å². The van der Waals surface area contributed by atoms with E-state index >= 15 is 0 Å². The summed E-state index contributed by atoms with van der Waals surface area (Å²) >= 11 is 0. The summed E-state index contributed by atoms with van der Waals surface area (Å²) in [5.74, 6) is 0.195. The van der Waals surface area contributed by atoms with Gasteiger partial charge in [-0.2, -0.15) is 4.74 Å². The zero-order valence-electron chi connectivity index (χ0n) is 9.50. The highest BCUT2D eigenvalue weighted by Gasteiger charge is 2.02. The molecule has 0 amide bonds. The van der Waals surface area contributed by atoms with E-state index in [0.29, 0.717) is 11.3 Å². The van der Waals surface area contributed by atoms with E-state index in [1.165, 1.54) is 6.21 Å². The van der Waals surface area contributed by atoms with Gasteiger partial charge in [0.15, 0.2) is 6.21 Å². The van der Waals surface area contributed by atoms with Gasteiger partial charge in [-0.3, -0.25) is 0 Å². The number of hydrogen-bond donors (Lipinski definition) is 1. The Balaban J connectivity index is 2.33. The van der Waals surface area contributed by atoms with Gasteiger partial charge in [0.2, 0.25) is 5.69 Å². The van der Waals surface area contributed by atoms with Gasteiger partial charge in [0, 0.05) is 17.7 Å². The molecule has 86 valence electrons. The number of benzene rings is 2. The van der Waals surface area contributed by atoms with Crippen molar-refractivity contribution in [3.63, 3.8) is 0 Å². The van der Waals surface area contributed by atoms with Crippen LogP contribution in [-0.2, 0) is 0 Å². The van der Waals surface area contributed by atoms with Gasteiger partial charge in [0.05, 0.1) is 0 Å². The summed E-state index contributed by atoms with van der Waals surface area (Å²) in [6.45, 7) is 1.81. The second-order valence-electron chi connectivity index (χ2n) is 3.84. The topological polar surface area (TPSA) is 46.3 Å². The number of hydrogen-bond acceptors (Lipinski definition) is 2. The van der Waals surface area contributed by atoms with Crippen LogP contribution < -0.4 is 0 Å². The van der Waals surface area contributed by atoms with E-state index in [1.54, 1.807) is 42.5 Å². The van der Waals surface area contributed by atoms with Gasteiger partial charge < -0.3 is 10.3 Å². The molecule has 2 rings (SSSR count). The van der Waals surface area contributed by atoms with Gasteiger partial charge >= 0.3 is 0 Å². The van der Waals surface area contributed by atoms with Gasteiger partial charge in [-0.1, -0.05) is 24.3 Å². The SMILES string of the molecule is Cc1ccc(C=[N+]([O-])c2ccccc2)cc1O. The van der Waals surface area contributed by atoms with Crippen molar-refractivity contribution in [3.05, 3.63) is 64.9 Å². The Hall–Kier alpha value is -2.29. The average molecular weight is 227 g/mol. The first-order chi connectivity index (χ1) is 8.16. The number of phenolic OH excluding ortho intramolecular Hbond substituents is 1. The van der Waals surface area contributed by atoms with Crippen molar-refractivity contribution in [3.8, 4) is 5.75 Å². The summed E-state index contributed by atoms with van der Waals surface area (Å²) in [7, 11) is 0. The molecular formula is C14H13NO2. The molecule has 0 fully saturated rings. The van der Waals surface area contributed by atoms with Crippen molar-refractivity contribution >= 4 is 11.9 Å². The van der Waals surface area contributed by atoms with E-state index in [-0.39, 0.29) is 5.75 Å². The van der Waals surface area contributed by atoms with Crippen LogP contribution in [0.1, 0.15) is 11.1 Å². The smallest absolute Gasteiger partial charge is 0.216 e. The lowest BCUT2D eigenvalue weighted by Crippen LogP contribution is -1.98. The van der Waals surface area contributed by atoms with Gasteiger partial charge in [-0.25, -0.2) is 0 Å². The van der Waals surface area contributed by atoms with Crippen molar-refractivity contribution in [2.45, 2.75) is 6.92 Å². The third-order valence-electron chi connectivity index (χ3n) is 2.51. The fourth-order valence-electron chi connectivity index (χ4n) is 1.49. The second-order valence-corrected chi connectivity index (χ2v) is 3.84. The molecule has 0 heterocycles. The summed E-state index contributed by atoms with van der Waals surface area (Å²) in [6.07, 6.45) is 1.44. The second kappa shape index (κ2) is 4.70. The Morgan fingerprint density at radius 2 is 1.82 bits per heavy atom. The van der Waals surface area contributed by atoms with Gasteiger partial charge in [0.1, 0.15) is 5.75 Å². The Morgan fingerprint density at radius 3 is 2.47 bits per heavy atom. The molecule has 1 N–H and O–H groups in total. The van der Waals surface area contributed by atoms with E-state index < -0.39 is 0 Å². The highest BCUT2D eigenvalue weighted by atomic mass is 16.5. The molecule has 0 aliphatic rings. The molecular weight excluding hydrogens is 214 g/mol. The molecule has 0 spiro atoms. The van der Waals surface area contributed by atoms with Crippen LogP contribution in [0.3, 0.4) is 0 Å². The Morgan fingerprint density at radius 1 is 1.12 bits per heavy atom. The zero-order chi connectivity index (χ0) is 12.3. The highest BCUT2D eigenvalue weighted by Crippen LogP contribution is 2.17. The van der Waals surface area contributed by atoms with Gasteiger partial charge in [-0.15, -0.1) is 0 Å². The molecule has 0 bridgehead atoms. The molecule has 0 radical (unpaired) electrons. The van der Waals surface area contributed by atoms with Crippen molar-refractivity contribution in [1.82, 2.24) is 0 Å². The first-order valence-electron chi connectivity index (χ1n) is 5.33. The standard InChI is InChI=1S/C14H13NO2/c1-11-7-8-12(9-14(11)16)10-15(17)13-5-3-2-4-6-13/h2-10,16H,1H3. The van der Waals surface area contributed by atoms with Crippen LogP contribution in [0.15, 0.2) is 48.5 Å². The summed E-state index contributed by atoms with van der Waals surface area (Å²) in [5, 5.41) is 21.3. The Labute approximate surface area is 99.9 Å². The minimum Gasteiger partial charge on any atom is -0.618 e. The molecule has 0 unspecified atom stereocenters. The first-order valence-corrected chi connectivity index (χ1v) is 5.33. The molecule has 0 saturated heterocycles. The zero-order valence-corrected chi connectivity index (χ0v) is 9.50. The molecule has 3 heteroatoms. The number of nitrogens with zero attached hydrogens (tertiary/aromatic N) is 1. The van der Waals surface area contributed by atoms with Crippen molar-refractivity contribution in [1.29, 1.82) is 0 Å². The van der Waals surface area contributed by atoms with Gasteiger partial charge in [-0.05, 0) is 24.6 Å². The molecule has 0 atom stereocenters. The van der Waals surface area contributed by atoms with Crippen LogP contribution in [0.4, 0.5) is 5.69 Å². The molecule has 2 aromatic rings. The Bertz CT molecular complexity index is 547. The minimum absolute atomic E-state index is 0.195. The maximum Gasteiger partial charge on any atom is 0.216 e. The summed E-state index contributed by atoms with van der Waals surface area (Å²) in [4.78, 5) is 0. The van der Waals surface area contributed by atoms with E-state index in [0.717, 1.165) is 10.3 Å². The van der Waals surface area contributed by atoms with E-state index in [1.807, 2.05) is 13.0 Å². The predicted molar refractivity (Wildman–Crippen MR) is 67.7 cm³/mol. The van der Waals surface area contributed by atoms with Crippen molar-refractivity contribution in [2.24, 2.45) is 0 Å². The fourth-order valence-corrected chi connectivity index (χ4v) is 1.49. The predicted octanol–water partition coefficient (Wildman–Crippen LogP) is 2.96. The number of para-hydroxylation sites is 1. The third-order valence-corrected chi connectivity index (χ3v) is 2.51. The minimum atomic E-state index is 0.195. The summed E-state index contributed by atoms with van der Waals surface area (Å²) in [5.41, 5.74) is 2.03. The highest BCUT2D eigenvalue weighted by molar-refractivity contribution is 5.77. The van der Waals surface area contributed by atoms with Crippen molar-refractivity contribution in [2.75, 3.05) is 0 Å².